The summed E-state index contributed by atoms with van der Waals surface area (Å²) in [4.78, 5) is 14.7. The molecule has 2 saturated heterocycles. The Morgan fingerprint density at radius 1 is 1.07 bits per heavy atom. The van der Waals surface area contributed by atoms with Crippen LogP contribution >= 0.6 is 0 Å². The first-order chi connectivity index (χ1) is 13.1. The highest BCUT2D eigenvalue weighted by atomic mass is 16.5. The lowest BCUT2D eigenvalue weighted by molar-refractivity contribution is 0.0667. The van der Waals surface area contributed by atoms with Crippen LogP contribution in [0.2, 0.25) is 0 Å². The second-order valence-corrected chi connectivity index (χ2v) is 7.33. The van der Waals surface area contributed by atoms with Gasteiger partial charge in [-0.1, -0.05) is 36.9 Å². The number of nitrogens with one attached hydrogen (secondary N) is 2. The summed E-state index contributed by atoms with van der Waals surface area (Å²) in [5.74, 6) is 1.75. The third kappa shape index (κ3) is 3.92. The Morgan fingerprint density at radius 3 is 2.41 bits per heavy atom. The number of hydrogen-bond acceptors (Lipinski definition) is 4. The molecule has 0 radical (unpaired) electrons. The fraction of sp³-hybridized carbons (Fsp3) is 0.318. The van der Waals surface area contributed by atoms with E-state index < -0.39 is 0 Å². The molecule has 2 heterocycles. The molecule has 2 aliphatic rings. The van der Waals surface area contributed by atoms with Crippen LogP contribution in [0.1, 0.15) is 28.8 Å². The highest BCUT2D eigenvalue weighted by Crippen LogP contribution is 2.27. The van der Waals surface area contributed by atoms with Gasteiger partial charge in [0, 0.05) is 25.2 Å². The van der Waals surface area contributed by atoms with E-state index in [1.54, 1.807) is 0 Å². The molecule has 27 heavy (non-hydrogen) atoms. The molecule has 0 saturated carbocycles. The highest BCUT2D eigenvalue weighted by molar-refractivity contribution is 5.94. The molecule has 1 amide bonds. The number of carbonyl (C=O) groups is 1. The zero-order valence-corrected chi connectivity index (χ0v) is 15.4. The zero-order valence-electron chi connectivity index (χ0n) is 15.4. The minimum absolute atomic E-state index is 0.0585. The van der Waals surface area contributed by atoms with Gasteiger partial charge in [0.1, 0.15) is 12.4 Å². The van der Waals surface area contributed by atoms with Crippen LogP contribution in [-0.2, 0) is 6.61 Å². The molecule has 2 aromatic carbocycles. The van der Waals surface area contributed by atoms with Gasteiger partial charge in [-0.05, 0) is 42.7 Å². The Bertz CT molecular complexity index is 809. The van der Waals surface area contributed by atoms with Gasteiger partial charge in [0.15, 0.2) is 0 Å². The van der Waals surface area contributed by atoms with Gasteiger partial charge in [0.05, 0.1) is 11.4 Å². The standard InChI is InChI=1S/C22H25N3O2/c1-17-23-16-22(24-17)11-13-25(14-12-22)21(26)19-7-9-20(10-8-19)27-15-18-5-3-2-4-6-18/h2-10,23-24H,1,11-16H2. The first-order valence-electron chi connectivity index (χ1n) is 9.41. The van der Waals surface area contributed by atoms with Gasteiger partial charge < -0.3 is 20.3 Å². The molecule has 4 rings (SSSR count). The van der Waals surface area contributed by atoms with Crippen molar-refractivity contribution in [1.82, 2.24) is 15.5 Å². The molecule has 5 heteroatoms. The van der Waals surface area contributed by atoms with Crippen LogP contribution in [-0.4, -0.2) is 36.0 Å². The largest absolute Gasteiger partial charge is 0.489 e. The first-order valence-corrected chi connectivity index (χ1v) is 9.41. The van der Waals surface area contributed by atoms with Crippen molar-refractivity contribution in [2.75, 3.05) is 19.6 Å². The summed E-state index contributed by atoms with van der Waals surface area (Å²) in [6.45, 7) is 6.86. The van der Waals surface area contributed by atoms with E-state index in [2.05, 4.69) is 17.2 Å². The van der Waals surface area contributed by atoms with Crippen molar-refractivity contribution in [3.05, 3.63) is 78.1 Å². The number of rotatable bonds is 4. The molecule has 0 unspecified atom stereocenters. The van der Waals surface area contributed by atoms with Crippen molar-refractivity contribution in [2.24, 2.45) is 0 Å². The number of nitrogens with zero attached hydrogens (tertiary/aromatic N) is 1. The zero-order chi connectivity index (χ0) is 18.7. The van der Waals surface area contributed by atoms with Crippen LogP contribution in [0, 0.1) is 0 Å². The van der Waals surface area contributed by atoms with Crippen LogP contribution in [0.3, 0.4) is 0 Å². The third-order valence-electron chi connectivity index (χ3n) is 5.41. The maximum absolute atomic E-state index is 12.8. The van der Waals surface area contributed by atoms with Crippen molar-refractivity contribution < 1.29 is 9.53 Å². The van der Waals surface area contributed by atoms with Gasteiger partial charge in [0.25, 0.3) is 5.91 Å². The Labute approximate surface area is 160 Å². The molecule has 0 aromatic heterocycles. The molecule has 2 aliphatic heterocycles. The summed E-state index contributed by atoms with van der Waals surface area (Å²) in [7, 11) is 0. The van der Waals surface area contributed by atoms with E-state index in [1.807, 2.05) is 59.5 Å². The molecule has 1 spiro atoms. The summed E-state index contributed by atoms with van der Waals surface area (Å²) in [6, 6.07) is 17.5. The molecule has 0 aliphatic carbocycles. The minimum Gasteiger partial charge on any atom is -0.489 e. The van der Waals surface area contributed by atoms with Crippen molar-refractivity contribution in [3.63, 3.8) is 0 Å². The highest BCUT2D eigenvalue weighted by Gasteiger charge is 2.39. The normalized spacial score (nSPS) is 18.1. The number of likely N-dealkylation sites (tertiary alicyclic amines) is 1. The monoisotopic (exact) mass is 363 g/mol. The maximum Gasteiger partial charge on any atom is 0.253 e. The molecule has 140 valence electrons. The van der Waals surface area contributed by atoms with Gasteiger partial charge in [-0.15, -0.1) is 0 Å². The van der Waals surface area contributed by atoms with E-state index in [-0.39, 0.29) is 11.4 Å². The van der Waals surface area contributed by atoms with Crippen molar-refractivity contribution in [2.45, 2.75) is 25.0 Å². The average Bonchev–Trinajstić information content (AvgIpc) is 3.08. The summed E-state index contributed by atoms with van der Waals surface area (Å²) in [6.07, 6.45) is 1.87. The number of hydrogen-bond donors (Lipinski definition) is 2. The number of amides is 1. The van der Waals surface area contributed by atoms with E-state index in [0.29, 0.717) is 12.2 Å². The summed E-state index contributed by atoms with van der Waals surface area (Å²) < 4.78 is 5.80. The second kappa shape index (κ2) is 7.35. The van der Waals surface area contributed by atoms with E-state index in [1.165, 1.54) is 0 Å². The molecule has 0 atom stereocenters. The Kier molecular flexibility index (Phi) is 4.75. The van der Waals surface area contributed by atoms with E-state index in [4.69, 9.17) is 4.74 Å². The summed E-state index contributed by atoms with van der Waals surface area (Å²) in [5.41, 5.74) is 1.89. The summed E-state index contributed by atoms with van der Waals surface area (Å²) in [5, 5.41) is 6.71. The van der Waals surface area contributed by atoms with Crippen LogP contribution < -0.4 is 15.4 Å². The minimum atomic E-state index is 0.0585. The lowest BCUT2D eigenvalue weighted by Crippen LogP contribution is -2.53. The quantitative estimate of drug-likeness (QED) is 0.877. The average molecular weight is 363 g/mol. The Hall–Kier alpha value is -2.95. The van der Waals surface area contributed by atoms with Gasteiger partial charge in [-0.3, -0.25) is 4.79 Å². The van der Waals surface area contributed by atoms with Crippen LogP contribution in [0.25, 0.3) is 0 Å². The topological polar surface area (TPSA) is 53.6 Å². The first kappa shape index (κ1) is 17.5. The molecule has 2 N–H and O–H groups in total. The van der Waals surface area contributed by atoms with E-state index >= 15 is 0 Å². The molecule has 5 nitrogen and oxygen atoms in total. The van der Waals surface area contributed by atoms with Gasteiger partial charge >= 0.3 is 0 Å². The van der Waals surface area contributed by atoms with Crippen molar-refractivity contribution >= 4 is 5.91 Å². The van der Waals surface area contributed by atoms with Crippen LogP contribution in [0.5, 0.6) is 5.75 Å². The van der Waals surface area contributed by atoms with Gasteiger partial charge in [0.2, 0.25) is 0 Å². The van der Waals surface area contributed by atoms with E-state index in [9.17, 15) is 4.79 Å². The third-order valence-corrected chi connectivity index (χ3v) is 5.41. The predicted octanol–water partition coefficient (Wildman–Crippen LogP) is 2.90. The second-order valence-electron chi connectivity index (χ2n) is 7.33. The Morgan fingerprint density at radius 2 is 1.78 bits per heavy atom. The maximum atomic E-state index is 12.8. The van der Waals surface area contributed by atoms with Crippen LogP contribution in [0.4, 0.5) is 0 Å². The van der Waals surface area contributed by atoms with Gasteiger partial charge in [-0.2, -0.15) is 0 Å². The number of benzene rings is 2. The molecular formula is C22H25N3O2. The lowest BCUT2D eigenvalue weighted by atomic mass is 9.88. The fourth-order valence-electron chi connectivity index (χ4n) is 3.74. The SMILES string of the molecule is C=C1NCC2(CCN(C(=O)c3ccc(OCc4ccccc4)cc3)CC2)N1. The van der Waals surface area contributed by atoms with Crippen molar-refractivity contribution in [1.29, 1.82) is 0 Å². The number of ether oxygens (including phenoxy) is 1. The molecule has 0 bridgehead atoms. The van der Waals surface area contributed by atoms with Crippen molar-refractivity contribution in [3.8, 4) is 5.75 Å². The van der Waals surface area contributed by atoms with Gasteiger partial charge in [-0.25, -0.2) is 0 Å². The fourth-order valence-corrected chi connectivity index (χ4v) is 3.74. The van der Waals surface area contributed by atoms with E-state index in [0.717, 1.165) is 49.6 Å². The predicted molar refractivity (Wildman–Crippen MR) is 105 cm³/mol. The number of piperidine rings is 1. The molecule has 2 aromatic rings. The summed E-state index contributed by atoms with van der Waals surface area (Å²) >= 11 is 0. The molecular weight excluding hydrogens is 338 g/mol. The molecule has 2 fully saturated rings. The van der Waals surface area contributed by atoms with Crippen LogP contribution in [0.15, 0.2) is 67.0 Å². The smallest absolute Gasteiger partial charge is 0.253 e. The number of carbonyl (C=O) groups excluding carboxylic acids is 1. The Balaban J connectivity index is 1.32. The lowest BCUT2D eigenvalue weighted by Gasteiger charge is -2.38.